The van der Waals surface area contributed by atoms with Gasteiger partial charge in [-0.05, 0) is 70.0 Å². The number of hydrogen-bond acceptors (Lipinski definition) is 4. The maximum atomic E-state index is 12.7. The number of aryl methyl sites for hydroxylation is 1. The molecule has 2 aliphatic heterocycles. The molecule has 6 heteroatoms. The summed E-state index contributed by atoms with van der Waals surface area (Å²) in [5.41, 5.74) is 1.08. The third-order valence-corrected chi connectivity index (χ3v) is 6.68. The maximum absolute atomic E-state index is 12.7. The quantitative estimate of drug-likeness (QED) is 0.716. The molecular weight excluding hydrogens is 364 g/mol. The van der Waals surface area contributed by atoms with Crippen molar-refractivity contribution in [1.82, 2.24) is 20.1 Å². The Balaban J connectivity index is 1.17. The molecule has 29 heavy (non-hydrogen) atoms. The molecule has 3 fully saturated rings. The van der Waals surface area contributed by atoms with Crippen LogP contribution in [0.25, 0.3) is 0 Å². The Hall–Kier alpha value is -1.95. The molecule has 0 aromatic carbocycles. The third-order valence-electron chi connectivity index (χ3n) is 6.68. The van der Waals surface area contributed by atoms with Crippen LogP contribution in [0.5, 0.6) is 0 Å². The van der Waals surface area contributed by atoms with Crippen molar-refractivity contribution in [3.05, 3.63) is 30.1 Å². The molecule has 1 N–H and O–H groups in total. The predicted molar refractivity (Wildman–Crippen MR) is 112 cm³/mol. The van der Waals surface area contributed by atoms with E-state index in [1.54, 1.807) is 0 Å². The second kappa shape index (κ2) is 9.70. The molecule has 3 aliphatic rings. The van der Waals surface area contributed by atoms with Gasteiger partial charge in [-0.1, -0.05) is 6.07 Å². The Kier molecular flexibility index (Phi) is 6.80. The van der Waals surface area contributed by atoms with E-state index in [1.807, 2.05) is 24.4 Å². The predicted octanol–water partition coefficient (Wildman–Crippen LogP) is 2.24. The Morgan fingerprint density at radius 1 is 1.03 bits per heavy atom. The molecule has 0 spiro atoms. The second-order valence-corrected chi connectivity index (χ2v) is 8.88. The van der Waals surface area contributed by atoms with Gasteiger partial charge in [-0.25, -0.2) is 0 Å². The van der Waals surface area contributed by atoms with Gasteiger partial charge in [0, 0.05) is 50.0 Å². The van der Waals surface area contributed by atoms with E-state index in [0.717, 1.165) is 83.2 Å². The van der Waals surface area contributed by atoms with E-state index in [-0.39, 0.29) is 11.8 Å². The number of hydrogen-bond donors (Lipinski definition) is 1. The van der Waals surface area contributed by atoms with Gasteiger partial charge in [-0.15, -0.1) is 0 Å². The van der Waals surface area contributed by atoms with E-state index in [4.69, 9.17) is 0 Å². The molecule has 0 radical (unpaired) electrons. The summed E-state index contributed by atoms with van der Waals surface area (Å²) < 4.78 is 0. The normalized spacial score (nSPS) is 23.7. The van der Waals surface area contributed by atoms with E-state index in [9.17, 15) is 9.59 Å². The largest absolute Gasteiger partial charge is 0.356 e. The van der Waals surface area contributed by atoms with Gasteiger partial charge in [0.1, 0.15) is 0 Å². The number of pyridine rings is 1. The zero-order chi connectivity index (χ0) is 20.1. The van der Waals surface area contributed by atoms with E-state index in [2.05, 4.69) is 20.1 Å². The number of carbonyl (C=O) groups excluding carboxylic acids is 2. The summed E-state index contributed by atoms with van der Waals surface area (Å²) >= 11 is 0. The lowest BCUT2D eigenvalue weighted by atomic mass is 9.93. The molecule has 158 valence electrons. The van der Waals surface area contributed by atoms with Crippen LogP contribution < -0.4 is 5.32 Å². The summed E-state index contributed by atoms with van der Waals surface area (Å²) in [5, 5.41) is 3.14. The van der Waals surface area contributed by atoms with Crippen LogP contribution in [0.4, 0.5) is 0 Å². The van der Waals surface area contributed by atoms with Crippen molar-refractivity contribution in [3.8, 4) is 0 Å². The first-order chi connectivity index (χ1) is 14.2. The molecule has 3 heterocycles. The summed E-state index contributed by atoms with van der Waals surface area (Å²) in [5.74, 6) is 1.01. The van der Waals surface area contributed by atoms with Gasteiger partial charge in [-0.2, -0.15) is 0 Å². The lowest BCUT2D eigenvalue weighted by molar-refractivity contribution is -0.134. The molecule has 4 rings (SSSR count). The monoisotopic (exact) mass is 398 g/mol. The van der Waals surface area contributed by atoms with Gasteiger partial charge in [-0.3, -0.25) is 19.5 Å². The smallest absolute Gasteiger partial charge is 0.225 e. The first kappa shape index (κ1) is 20.3. The van der Waals surface area contributed by atoms with Crippen molar-refractivity contribution in [1.29, 1.82) is 0 Å². The standard InChI is InChI=1S/C23H34N4O2/c28-22(25-13-3-7-20-6-1-2-12-24-20)19-5-4-14-27(17-19)21-10-15-26(16-11-21)23(29)18-8-9-18/h1-2,6,12,18-19,21H,3-5,7-11,13-17H2,(H,25,28). The first-order valence-electron chi connectivity index (χ1n) is 11.4. The summed E-state index contributed by atoms with van der Waals surface area (Å²) in [7, 11) is 0. The SMILES string of the molecule is O=C(NCCCc1ccccn1)C1CCCN(C2CCN(C(=O)C3CC3)CC2)C1. The average molecular weight is 399 g/mol. The highest BCUT2D eigenvalue weighted by molar-refractivity contribution is 5.81. The first-order valence-corrected chi connectivity index (χ1v) is 11.4. The van der Waals surface area contributed by atoms with Crippen molar-refractivity contribution < 1.29 is 9.59 Å². The van der Waals surface area contributed by atoms with Crippen LogP contribution in [0.1, 0.15) is 50.6 Å². The van der Waals surface area contributed by atoms with E-state index in [0.29, 0.717) is 24.4 Å². The third kappa shape index (κ3) is 5.56. The van der Waals surface area contributed by atoms with Gasteiger partial charge in [0.05, 0.1) is 5.92 Å². The zero-order valence-electron chi connectivity index (χ0n) is 17.4. The van der Waals surface area contributed by atoms with Crippen molar-refractivity contribution in [3.63, 3.8) is 0 Å². The molecule has 1 aromatic rings. The number of carbonyl (C=O) groups is 2. The molecule has 1 aromatic heterocycles. The minimum Gasteiger partial charge on any atom is -0.356 e. The molecular formula is C23H34N4O2. The van der Waals surface area contributed by atoms with Crippen LogP contribution >= 0.6 is 0 Å². The summed E-state index contributed by atoms with van der Waals surface area (Å²) in [6.45, 7) is 4.45. The number of nitrogens with zero attached hydrogens (tertiary/aromatic N) is 3. The van der Waals surface area contributed by atoms with Crippen molar-refractivity contribution in [2.24, 2.45) is 11.8 Å². The van der Waals surface area contributed by atoms with Gasteiger partial charge in [0.15, 0.2) is 0 Å². The lowest BCUT2D eigenvalue weighted by Gasteiger charge is -2.42. The van der Waals surface area contributed by atoms with Crippen LogP contribution in [0, 0.1) is 11.8 Å². The number of rotatable bonds is 7. The van der Waals surface area contributed by atoms with Gasteiger partial charge < -0.3 is 10.2 Å². The summed E-state index contributed by atoms with van der Waals surface area (Å²) in [6, 6.07) is 6.49. The van der Waals surface area contributed by atoms with Crippen LogP contribution in [-0.2, 0) is 16.0 Å². The molecule has 2 saturated heterocycles. The van der Waals surface area contributed by atoms with Gasteiger partial charge in [0.2, 0.25) is 11.8 Å². The topological polar surface area (TPSA) is 65.5 Å². The molecule has 1 saturated carbocycles. The highest BCUT2D eigenvalue weighted by Crippen LogP contribution is 2.32. The Bertz CT molecular complexity index is 683. The number of aromatic nitrogens is 1. The number of nitrogens with one attached hydrogen (secondary N) is 1. The fraction of sp³-hybridized carbons (Fsp3) is 0.696. The molecule has 1 atom stereocenters. The molecule has 2 amide bonds. The lowest BCUT2D eigenvalue weighted by Crippen LogP contribution is -2.51. The fourth-order valence-electron chi connectivity index (χ4n) is 4.76. The number of likely N-dealkylation sites (tertiary alicyclic amines) is 2. The number of piperidine rings is 2. The Labute approximate surface area is 174 Å². The van der Waals surface area contributed by atoms with Crippen molar-refractivity contribution in [2.75, 3.05) is 32.7 Å². The van der Waals surface area contributed by atoms with Crippen molar-refractivity contribution >= 4 is 11.8 Å². The Morgan fingerprint density at radius 2 is 1.86 bits per heavy atom. The maximum Gasteiger partial charge on any atom is 0.225 e. The summed E-state index contributed by atoms with van der Waals surface area (Å²) in [6.07, 6.45) is 10.00. The Morgan fingerprint density at radius 3 is 2.59 bits per heavy atom. The van der Waals surface area contributed by atoms with E-state index < -0.39 is 0 Å². The number of amides is 2. The molecule has 0 bridgehead atoms. The van der Waals surface area contributed by atoms with Crippen LogP contribution in [0.3, 0.4) is 0 Å². The van der Waals surface area contributed by atoms with Crippen LogP contribution in [0.15, 0.2) is 24.4 Å². The second-order valence-electron chi connectivity index (χ2n) is 8.88. The minimum absolute atomic E-state index is 0.102. The van der Waals surface area contributed by atoms with E-state index >= 15 is 0 Å². The highest BCUT2D eigenvalue weighted by atomic mass is 16.2. The average Bonchev–Trinajstić information content (AvgIpc) is 3.62. The van der Waals surface area contributed by atoms with Gasteiger partial charge in [0.25, 0.3) is 0 Å². The molecule has 1 unspecified atom stereocenters. The van der Waals surface area contributed by atoms with Crippen LogP contribution in [0.2, 0.25) is 0 Å². The van der Waals surface area contributed by atoms with Crippen molar-refractivity contribution in [2.45, 2.75) is 57.4 Å². The molecule has 6 nitrogen and oxygen atoms in total. The highest BCUT2D eigenvalue weighted by Gasteiger charge is 2.37. The van der Waals surface area contributed by atoms with E-state index in [1.165, 1.54) is 0 Å². The van der Waals surface area contributed by atoms with Gasteiger partial charge >= 0.3 is 0 Å². The zero-order valence-corrected chi connectivity index (χ0v) is 17.4. The molecule has 1 aliphatic carbocycles. The van der Waals surface area contributed by atoms with Crippen LogP contribution in [-0.4, -0.2) is 65.4 Å². The summed E-state index contributed by atoms with van der Waals surface area (Å²) in [4.78, 5) is 33.8. The minimum atomic E-state index is 0.102. The fourth-order valence-corrected chi connectivity index (χ4v) is 4.76.